The van der Waals surface area contributed by atoms with Gasteiger partial charge in [-0.3, -0.25) is 14.6 Å². The van der Waals surface area contributed by atoms with Crippen molar-refractivity contribution in [2.75, 3.05) is 45.2 Å². The molecule has 3 aromatic heterocycles. The van der Waals surface area contributed by atoms with E-state index in [0.29, 0.717) is 38.3 Å². The second-order valence-electron chi connectivity index (χ2n) is 11.3. The van der Waals surface area contributed by atoms with Crippen LogP contribution < -0.4 is 20.7 Å². The molecule has 0 aliphatic carbocycles. The molecule has 1 unspecified atom stereocenters. The van der Waals surface area contributed by atoms with Crippen LogP contribution in [0.4, 0.5) is 5.82 Å². The maximum absolute atomic E-state index is 12.8. The fraction of sp³-hybridized carbons (Fsp3) is 0.429. The molecule has 45 heavy (non-hydrogen) atoms. The van der Waals surface area contributed by atoms with Crippen LogP contribution in [-0.2, 0) is 33.6 Å². The molecular weight excluding hydrogens is 568 g/mol. The van der Waals surface area contributed by atoms with Gasteiger partial charge in [-0.1, -0.05) is 18.2 Å². The molecule has 5 rings (SSSR count). The van der Waals surface area contributed by atoms with Crippen molar-refractivity contribution in [2.45, 2.75) is 57.9 Å². The fourth-order valence-electron chi connectivity index (χ4n) is 5.80. The zero-order valence-electron chi connectivity index (χ0n) is 26.3. The van der Waals surface area contributed by atoms with Gasteiger partial charge in [0.2, 0.25) is 5.91 Å². The normalized spacial score (nSPS) is 13.1. The maximum atomic E-state index is 12.8. The van der Waals surface area contributed by atoms with Gasteiger partial charge in [0.1, 0.15) is 11.6 Å². The van der Waals surface area contributed by atoms with Gasteiger partial charge in [-0.2, -0.15) is 0 Å². The highest BCUT2D eigenvalue weighted by Crippen LogP contribution is 2.31. The molecule has 1 atom stereocenters. The SMILES string of the molecule is CCOC(=O)CC(c1cncc(OCCCC(=O)NCCNC)c1)n1ccc2c(CCc3ccc4c(n3)NCCC4)cccc21. The van der Waals surface area contributed by atoms with Crippen LogP contribution in [0.3, 0.4) is 0 Å². The molecule has 0 saturated carbocycles. The van der Waals surface area contributed by atoms with E-state index in [9.17, 15) is 9.59 Å². The van der Waals surface area contributed by atoms with Crippen molar-refractivity contribution in [3.05, 3.63) is 83.4 Å². The highest BCUT2D eigenvalue weighted by atomic mass is 16.5. The first-order chi connectivity index (χ1) is 22.1. The van der Waals surface area contributed by atoms with Crippen LogP contribution in [0.2, 0.25) is 0 Å². The van der Waals surface area contributed by atoms with E-state index in [1.54, 1.807) is 12.4 Å². The Hall–Kier alpha value is -4.44. The van der Waals surface area contributed by atoms with Crippen molar-refractivity contribution >= 4 is 28.6 Å². The van der Waals surface area contributed by atoms with Crippen molar-refractivity contribution in [1.29, 1.82) is 0 Å². The lowest BCUT2D eigenvalue weighted by molar-refractivity contribution is -0.143. The minimum Gasteiger partial charge on any atom is -0.492 e. The van der Waals surface area contributed by atoms with E-state index in [4.69, 9.17) is 14.5 Å². The summed E-state index contributed by atoms with van der Waals surface area (Å²) in [5, 5.41) is 10.5. The Balaban J connectivity index is 1.31. The van der Waals surface area contributed by atoms with Crippen molar-refractivity contribution in [2.24, 2.45) is 0 Å². The molecule has 1 aliphatic rings. The van der Waals surface area contributed by atoms with Crippen molar-refractivity contribution in [3.8, 4) is 5.75 Å². The summed E-state index contributed by atoms with van der Waals surface area (Å²) in [4.78, 5) is 34.1. The Kier molecular flexibility index (Phi) is 11.4. The van der Waals surface area contributed by atoms with Gasteiger partial charge >= 0.3 is 5.97 Å². The van der Waals surface area contributed by atoms with Gasteiger partial charge in [0.05, 0.1) is 31.9 Å². The van der Waals surface area contributed by atoms with Crippen LogP contribution in [-0.4, -0.2) is 66.3 Å². The summed E-state index contributed by atoms with van der Waals surface area (Å²) in [6.07, 6.45) is 10.5. The predicted molar refractivity (Wildman–Crippen MR) is 176 cm³/mol. The lowest BCUT2D eigenvalue weighted by Crippen LogP contribution is -2.30. The molecule has 4 aromatic rings. The number of nitrogens with one attached hydrogen (secondary N) is 3. The average molecular weight is 613 g/mol. The van der Waals surface area contributed by atoms with Gasteiger partial charge < -0.3 is 30.0 Å². The molecule has 0 bridgehead atoms. The van der Waals surface area contributed by atoms with E-state index in [0.717, 1.165) is 66.8 Å². The Labute approximate surface area is 264 Å². The largest absolute Gasteiger partial charge is 0.492 e. The van der Waals surface area contributed by atoms with Crippen LogP contribution in [0.5, 0.6) is 5.75 Å². The number of hydrogen-bond donors (Lipinski definition) is 3. The molecule has 3 N–H and O–H groups in total. The standard InChI is InChI=1S/C35H44N6O4/c1-3-44-34(43)22-32(27-21-29(24-37-23-27)45-20-6-10-33(42)38-18-17-36-2)41-19-15-30-25(7-4-9-31(30)41)11-13-28-14-12-26-8-5-16-39-35(26)40-28/h4,7,9,12,14-15,19,21,23-24,32,36H,3,5-6,8,10-11,13,16-18,20,22H2,1-2H3,(H,38,42)(H,39,40). The molecule has 0 radical (unpaired) electrons. The number of anilines is 1. The molecule has 0 fully saturated rings. The molecule has 0 saturated heterocycles. The molecule has 10 heteroatoms. The molecule has 238 valence electrons. The van der Waals surface area contributed by atoms with E-state index in [2.05, 4.69) is 61.9 Å². The molecule has 1 aromatic carbocycles. The lowest BCUT2D eigenvalue weighted by Gasteiger charge is -2.21. The molecule has 4 heterocycles. The van der Waals surface area contributed by atoms with Crippen LogP contribution in [0.1, 0.15) is 61.0 Å². The number of likely N-dealkylation sites (N-methyl/N-ethyl adjacent to an activating group) is 1. The summed E-state index contributed by atoms with van der Waals surface area (Å²) in [5.41, 5.74) is 5.50. The van der Waals surface area contributed by atoms with E-state index in [-0.39, 0.29) is 24.3 Å². The number of carbonyl (C=O) groups is 2. The third-order valence-electron chi connectivity index (χ3n) is 8.09. The first-order valence-electron chi connectivity index (χ1n) is 16.0. The van der Waals surface area contributed by atoms with Crippen LogP contribution >= 0.6 is 0 Å². The zero-order chi connectivity index (χ0) is 31.4. The molecule has 1 aliphatic heterocycles. The number of carbonyl (C=O) groups excluding carboxylic acids is 2. The number of hydrogen-bond acceptors (Lipinski definition) is 8. The average Bonchev–Trinajstić information content (AvgIpc) is 3.49. The second kappa shape index (κ2) is 16.0. The van der Waals surface area contributed by atoms with Crippen molar-refractivity contribution < 1.29 is 19.1 Å². The topological polar surface area (TPSA) is 119 Å². The number of aromatic nitrogens is 3. The predicted octanol–water partition coefficient (Wildman–Crippen LogP) is 4.61. The highest BCUT2D eigenvalue weighted by Gasteiger charge is 2.22. The van der Waals surface area contributed by atoms with Gasteiger partial charge in [-0.15, -0.1) is 0 Å². The van der Waals surface area contributed by atoms with Gasteiger partial charge in [-0.05, 0) is 87.0 Å². The summed E-state index contributed by atoms with van der Waals surface area (Å²) in [7, 11) is 1.85. The number of amides is 1. The smallest absolute Gasteiger partial charge is 0.308 e. The summed E-state index contributed by atoms with van der Waals surface area (Å²) in [6.45, 7) is 4.83. The van der Waals surface area contributed by atoms with Crippen LogP contribution in [0.15, 0.2) is 61.1 Å². The summed E-state index contributed by atoms with van der Waals surface area (Å²) >= 11 is 0. The van der Waals surface area contributed by atoms with Crippen LogP contribution in [0.25, 0.3) is 10.9 Å². The number of esters is 1. The zero-order valence-corrected chi connectivity index (χ0v) is 26.3. The number of pyridine rings is 2. The van der Waals surface area contributed by atoms with Crippen molar-refractivity contribution in [3.63, 3.8) is 0 Å². The third kappa shape index (κ3) is 8.60. The number of benzene rings is 1. The van der Waals surface area contributed by atoms with E-state index in [1.165, 1.54) is 11.1 Å². The Bertz CT molecular complexity index is 1590. The molecule has 1 amide bonds. The third-order valence-corrected chi connectivity index (χ3v) is 8.09. The Morgan fingerprint density at radius 2 is 2.02 bits per heavy atom. The fourth-order valence-corrected chi connectivity index (χ4v) is 5.80. The highest BCUT2D eigenvalue weighted by molar-refractivity contribution is 5.84. The monoisotopic (exact) mass is 612 g/mol. The number of fused-ring (bicyclic) bond motifs is 2. The van der Waals surface area contributed by atoms with Crippen molar-refractivity contribution in [1.82, 2.24) is 25.2 Å². The number of nitrogens with zero attached hydrogens (tertiary/aromatic N) is 3. The Morgan fingerprint density at radius 3 is 2.89 bits per heavy atom. The summed E-state index contributed by atoms with van der Waals surface area (Å²) < 4.78 is 13.5. The molecule has 10 nitrogen and oxygen atoms in total. The van der Waals surface area contributed by atoms with E-state index >= 15 is 0 Å². The maximum Gasteiger partial charge on any atom is 0.308 e. The lowest BCUT2D eigenvalue weighted by atomic mass is 10.0. The van der Waals surface area contributed by atoms with E-state index < -0.39 is 0 Å². The second-order valence-corrected chi connectivity index (χ2v) is 11.3. The quantitative estimate of drug-likeness (QED) is 0.124. The Morgan fingerprint density at radius 1 is 1.11 bits per heavy atom. The molecule has 0 spiro atoms. The minimum atomic E-state index is -0.334. The minimum absolute atomic E-state index is 0.00466. The van der Waals surface area contributed by atoms with Gasteiger partial charge in [-0.25, -0.2) is 4.98 Å². The number of rotatable bonds is 16. The van der Waals surface area contributed by atoms with E-state index in [1.807, 2.05) is 26.2 Å². The first-order valence-corrected chi connectivity index (χ1v) is 16.0. The number of aryl methyl sites for hydroxylation is 3. The summed E-state index contributed by atoms with van der Waals surface area (Å²) in [5.74, 6) is 1.35. The van der Waals surface area contributed by atoms with Gasteiger partial charge in [0.25, 0.3) is 0 Å². The first kappa shape index (κ1) is 32.0. The van der Waals surface area contributed by atoms with Gasteiger partial charge in [0, 0.05) is 55.0 Å². The molecular formula is C35H44N6O4. The van der Waals surface area contributed by atoms with Gasteiger partial charge in [0.15, 0.2) is 0 Å². The number of ether oxygens (including phenoxy) is 2. The summed E-state index contributed by atoms with van der Waals surface area (Å²) in [6, 6.07) is 14.4. The van der Waals surface area contributed by atoms with Crippen LogP contribution in [0, 0.1) is 0 Å².